The van der Waals surface area contributed by atoms with Gasteiger partial charge in [0.15, 0.2) is 0 Å². The minimum atomic E-state index is 0.758. The molecule has 0 radical (unpaired) electrons. The molecule has 1 aromatic heterocycles. The number of nitrogens with one attached hydrogen (secondary N) is 1. The molecule has 0 bridgehead atoms. The van der Waals surface area contributed by atoms with E-state index in [1.165, 1.54) is 31.5 Å². The first-order valence-electron chi connectivity index (χ1n) is 6.93. The fraction of sp³-hybridized carbons (Fsp3) is 0.714. The normalized spacial score (nSPS) is 21.2. The zero-order chi connectivity index (χ0) is 12.1. The van der Waals surface area contributed by atoms with Crippen molar-refractivity contribution in [1.29, 1.82) is 0 Å². The van der Waals surface area contributed by atoms with Crippen LogP contribution in [0.15, 0.2) is 18.5 Å². The van der Waals surface area contributed by atoms with Crippen LogP contribution in [0, 0.1) is 0 Å². The highest BCUT2D eigenvalue weighted by Gasteiger charge is 2.21. The van der Waals surface area contributed by atoms with Gasteiger partial charge in [0, 0.05) is 38.1 Å². The maximum Gasteiger partial charge on any atom is 0.0221 e. The summed E-state index contributed by atoms with van der Waals surface area (Å²) in [6.45, 7) is 10.1. The van der Waals surface area contributed by atoms with E-state index in [2.05, 4.69) is 47.1 Å². The van der Waals surface area contributed by atoms with Gasteiger partial charge in [0.1, 0.15) is 0 Å². The van der Waals surface area contributed by atoms with E-state index in [9.17, 15) is 0 Å². The maximum atomic E-state index is 3.59. The lowest BCUT2D eigenvalue weighted by atomic mass is 10.2. The number of rotatable bonds is 6. The topological polar surface area (TPSA) is 20.2 Å². The van der Waals surface area contributed by atoms with Gasteiger partial charge in [-0.3, -0.25) is 4.90 Å². The minimum Gasteiger partial charge on any atom is -0.354 e. The first-order valence-corrected chi connectivity index (χ1v) is 6.93. The van der Waals surface area contributed by atoms with Gasteiger partial charge in [-0.25, -0.2) is 0 Å². The first kappa shape index (κ1) is 12.7. The Kier molecular flexibility index (Phi) is 4.63. The highest BCUT2D eigenvalue weighted by Crippen LogP contribution is 2.15. The van der Waals surface area contributed by atoms with Crippen LogP contribution in [0.5, 0.6) is 0 Å². The third kappa shape index (κ3) is 3.33. The molecule has 96 valence electrons. The van der Waals surface area contributed by atoms with Crippen molar-refractivity contribution in [1.82, 2.24) is 14.8 Å². The second kappa shape index (κ2) is 6.22. The number of aryl methyl sites for hydroxylation is 1. The molecule has 1 unspecified atom stereocenters. The molecule has 1 aliphatic rings. The number of hydrogen-bond acceptors (Lipinski definition) is 2. The van der Waals surface area contributed by atoms with Crippen LogP contribution in [0.1, 0.15) is 32.3 Å². The van der Waals surface area contributed by atoms with Crippen LogP contribution in [0.4, 0.5) is 0 Å². The smallest absolute Gasteiger partial charge is 0.0221 e. The molecule has 1 aliphatic heterocycles. The van der Waals surface area contributed by atoms with E-state index in [4.69, 9.17) is 0 Å². The summed E-state index contributed by atoms with van der Waals surface area (Å²) in [6, 6.07) is 2.97. The third-order valence-corrected chi connectivity index (χ3v) is 3.79. The predicted molar refractivity (Wildman–Crippen MR) is 72.1 cm³/mol. The summed E-state index contributed by atoms with van der Waals surface area (Å²) in [5.41, 5.74) is 1.40. The molecule has 1 fully saturated rings. The fourth-order valence-electron chi connectivity index (χ4n) is 2.72. The van der Waals surface area contributed by atoms with Gasteiger partial charge < -0.3 is 9.88 Å². The van der Waals surface area contributed by atoms with E-state index in [-0.39, 0.29) is 0 Å². The highest BCUT2D eigenvalue weighted by molar-refractivity contribution is 5.09. The number of nitrogens with zero attached hydrogens (tertiary/aromatic N) is 2. The van der Waals surface area contributed by atoms with Crippen LogP contribution in [0.3, 0.4) is 0 Å². The fourth-order valence-corrected chi connectivity index (χ4v) is 2.72. The molecule has 1 saturated heterocycles. The van der Waals surface area contributed by atoms with Crippen LogP contribution in [-0.2, 0) is 13.1 Å². The molecule has 17 heavy (non-hydrogen) atoms. The van der Waals surface area contributed by atoms with Crippen molar-refractivity contribution in [3.05, 3.63) is 24.0 Å². The number of hydrogen-bond donors (Lipinski definition) is 1. The molecular weight excluding hydrogens is 210 g/mol. The second-order valence-electron chi connectivity index (χ2n) is 4.91. The van der Waals surface area contributed by atoms with Gasteiger partial charge in [-0.05, 0) is 44.5 Å². The van der Waals surface area contributed by atoms with Crippen LogP contribution in [0.25, 0.3) is 0 Å². The molecule has 1 atom stereocenters. The highest BCUT2D eigenvalue weighted by atomic mass is 15.2. The summed E-state index contributed by atoms with van der Waals surface area (Å²) in [4.78, 5) is 2.59. The number of aromatic nitrogens is 1. The standard InChI is InChI=1S/C14H25N3/c1-3-16-9-7-13(12-16)10-15-11-14-6-5-8-17(14)4-2/h7,9,12,14-15H,3-6,8,10-11H2,1-2H3. The Labute approximate surface area is 105 Å². The SMILES string of the molecule is CCN1CCCC1CNCc1ccn(CC)c1. The summed E-state index contributed by atoms with van der Waals surface area (Å²) in [7, 11) is 0. The molecule has 0 aliphatic carbocycles. The van der Waals surface area contributed by atoms with Gasteiger partial charge in [0.25, 0.3) is 0 Å². The van der Waals surface area contributed by atoms with Crippen molar-refractivity contribution in [2.45, 2.75) is 45.8 Å². The van der Waals surface area contributed by atoms with E-state index in [1.807, 2.05) is 0 Å². The largest absolute Gasteiger partial charge is 0.354 e. The van der Waals surface area contributed by atoms with Gasteiger partial charge in [-0.1, -0.05) is 6.92 Å². The molecule has 2 heterocycles. The predicted octanol–water partition coefficient (Wildman–Crippen LogP) is 2.08. The Hall–Kier alpha value is -0.800. The zero-order valence-corrected chi connectivity index (χ0v) is 11.2. The summed E-state index contributed by atoms with van der Waals surface area (Å²) in [6.07, 6.45) is 7.12. The lowest BCUT2D eigenvalue weighted by Gasteiger charge is -2.22. The lowest BCUT2D eigenvalue weighted by Crippen LogP contribution is -2.37. The summed E-state index contributed by atoms with van der Waals surface area (Å²) >= 11 is 0. The van der Waals surface area contributed by atoms with E-state index in [0.29, 0.717) is 0 Å². The maximum absolute atomic E-state index is 3.59. The van der Waals surface area contributed by atoms with Crippen molar-refractivity contribution in [3.63, 3.8) is 0 Å². The zero-order valence-electron chi connectivity index (χ0n) is 11.2. The Bertz CT molecular complexity index is 332. The monoisotopic (exact) mass is 235 g/mol. The molecule has 0 aromatic carbocycles. The van der Waals surface area contributed by atoms with E-state index >= 15 is 0 Å². The van der Waals surface area contributed by atoms with Gasteiger partial charge >= 0.3 is 0 Å². The third-order valence-electron chi connectivity index (χ3n) is 3.79. The second-order valence-corrected chi connectivity index (χ2v) is 4.91. The Morgan fingerprint density at radius 3 is 2.94 bits per heavy atom. The van der Waals surface area contributed by atoms with E-state index in [0.717, 1.165) is 25.7 Å². The molecule has 1 aromatic rings. The molecule has 3 heteroatoms. The van der Waals surface area contributed by atoms with Crippen LogP contribution in [0.2, 0.25) is 0 Å². The molecule has 2 rings (SSSR count). The van der Waals surface area contributed by atoms with Crippen LogP contribution >= 0.6 is 0 Å². The molecular formula is C14H25N3. The Morgan fingerprint density at radius 1 is 1.35 bits per heavy atom. The molecule has 1 N–H and O–H groups in total. The molecule has 0 spiro atoms. The average Bonchev–Trinajstić information content (AvgIpc) is 2.97. The average molecular weight is 235 g/mol. The van der Waals surface area contributed by atoms with Crippen molar-refractivity contribution in [3.8, 4) is 0 Å². The first-order chi connectivity index (χ1) is 8.33. The minimum absolute atomic E-state index is 0.758. The van der Waals surface area contributed by atoms with Crippen molar-refractivity contribution in [2.24, 2.45) is 0 Å². The number of likely N-dealkylation sites (tertiary alicyclic amines) is 1. The van der Waals surface area contributed by atoms with Gasteiger partial charge in [-0.15, -0.1) is 0 Å². The van der Waals surface area contributed by atoms with E-state index in [1.54, 1.807) is 0 Å². The molecule has 3 nitrogen and oxygen atoms in total. The van der Waals surface area contributed by atoms with Gasteiger partial charge in [-0.2, -0.15) is 0 Å². The Morgan fingerprint density at radius 2 is 2.24 bits per heavy atom. The summed E-state index contributed by atoms with van der Waals surface area (Å²) in [5, 5.41) is 3.59. The van der Waals surface area contributed by atoms with Gasteiger partial charge in [0.05, 0.1) is 0 Å². The quantitative estimate of drug-likeness (QED) is 0.814. The summed E-state index contributed by atoms with van der Waals surface area (Å²) in [5.74, 6) is 0. The van der Waals surface area contributed by atoms with Crippen LogP contribution in [-0.4, -0.2) is 35.1 Å². The lowest BCUT2D eigenvalue weighted by molar-refractivity contribution is 0.260. The molecule has 0 saturated carbocycles. The number of likely N-dealkylation sites (N-methyl/N-ethyl adjacent to an activating group) is 1. The summed E-state index contributed by atoms with van der Waals surface area (Å²) < 4.78 is 2.23. The van der Waals surface area contributed by atoms with Crippen LogP contribution < -0.4 is 5.32 Å². The van der Waals surface area contributed by atoms with Crippen molar-refractivity contribution >= 4 is 0 Å². The molecule has 0 amide bonds. The van der Waals surface area contributed by atoms with Crippen molar-refractivity contribution < 1.29 is 0 Å². The van der Waals surface area contributed by atoms with E-state index < -0.39 is 0 Å². The van der Waals surface area contributed by atoms with Crippen molar-refractivity contribution in [2.75, 3.05) is 19.6 Å². The van der Waals surface area contributed by atoms with Gasteiger partial charge in [0.2, 0.25) is 0 Å². The Balaban J connectivity index is 1.72.